The molecule has 133 valence electrons. The van der Waals surface area contributed by atoms with Gasteiger partial charge in [0.05, 0.1) is 0 Å². The Morgan fingerprint density at radius 3 is 1.96 bits per heavy atom. The van der Waals surface area contributed by atoms with Gasteiger partial charge in [-0.05, 0) is 0 Å². The Hall–Kier alpha value is 0.194. The summed E-state index contributed by atoms with van der Waals surface area (Å²) in [4.78, 5) is 0. The molecule has 7 heteroatoms. The molecule has 0 atom stereocenters. The van der Waals surface area contributed by atoms with Gasteiger partial charge in [-0.3, -0.25) is 0 Å². The second-order valence-electron chi connectivity index (χ2n) is 5.48. The van der Waals surface area contributed by atoms with Crippen molar-refractivity contribution in [2.75, 3.05) is 39.3 Å². The van der Waals surface area contributed by atoms with E-state index < -0.39 is 18.5 Å². The molecule has 1 fully saturated rings. The second-order valence-corrected chi connectivity index (χ2v) is 8.41. The van der Waals surface area contributed by atoms with Gasteiger partial charge < -0.3 is 0 Å². The van der Waals surface area contributed by atoms with Crippen LogP contribution in [0.4, 0.5) is 0 Å². The van der Waals surface area contributed by atoms with E-state index in [9.17, 15) is 0 Å². The van der Waals surface area contributed by atoms with Gasteiger partial charge in [0.25, 0.3) is 0 Å². The van der Waals surface area contributed by atoms with Gasteiger partial charge in [-0.1, -0.05) is 0 Å². The van der Waals surface area contributed by atoms with Crippen LogP contribution in [0.15, 0.2) is 30.3 Å². The zero-order valence-corrected chi connectivity index (χ0v) is 17.1. The van der Waals surface area contributed by atoms with E-state index in [4.69, 9.17) is 3.32 Å². The first kappa shape index (κ1) is 23.2. The predicted molar refractivity (Wildman–Crippen MR) is 98.6 cm³/mol. The average molecular weight is 399 g/mol. The molecule has 1 saturated heterocycles. The van der Waals surface area contributed by atoms with E-state index in [2.05, 4.69) is 31.4 Å². The standard InChI is InChI=1S/C9H20N3.C6H6O.CH3.2ClH.Ti/c1-4-10-6-2-8-12-9-3-7-11-5-1;7-6-4-2-1-3-5-6;;;;/h10-11H,1-9H2;1-5,7H;1H3;2*1H;/q-1;;;;;+2/p-1. The van der Waals surface area contributed by atoms with Crippen molar-refractivity contribution in [3.63, 3.8) is 0 Å². The van der Waals surface area contributed by atoms with Crippen LogP contribution >= 0.6 is 24.8 Å². The number of hydrogen-bond donors (Lipinski definition) is 2. The molecule has 0 saturated carbocycles. The quantitative estimate of drug-likeness (QED) is 0.767. The molecule has 1 aromatic rings. The topological polar surface area (TPSA) is 36.5 Å². The van der Waals surface area contributed by atoms with E-state index in [1.807, 2.05) is 18.2 Å². The fourth-order valence-electron chi connectivity index (χ4n) is 2.53. The van der Waals surface area contributed by atoms with Crippen molar-refractivity contribution in [3.8, 4) is 5.75 Å². The maximum absolute atomic E-state index is 6.23. The summed E-state index contributed by atoms with van der Waals surface area (Å²) in [5, 5.41) is 9.37. The molecule has 0 aliphatic carbocycles. The van der Waals surface area contributed by atoms with Crippen LogP contribution in [0, 0.1) is 0 Å². The van der Waals surface area contributed by atoms with Crippen LogP contribution in [0.3, 0.4) is 0 Å². The van der Waals surface area contributed by atoms with Crippen molar-refractivity contribution < 1.29 is 21.8 Å². The molecule has 0 radical (unpaired) electrons. The van der Waals surface area contributed by atoms with Crippen LogP contribution in [-0.2, 0) is 18.5 Å². The van der Waals surface area contributed by atoms with E-state index >= 15 is 0 Å². The molecule has 23 heavy (non-hydrogen) atoms. The number of rotatable bonds is 3. The minimum atomic E-state index is -1.63. The minimum absolute atomic E-state index is 0. The molecule has 0 unspecified atom stereocenters. The third kappa shape index (κ3) is 9.93. The van der Waals surface area contributed by atoms with E-state index in [0.29, 0.717) is 0 Å². The first-order chi connectivity index (χ1) is 10.4. The van der Waals surface area contributed by atoms with Gasteiger partial charge in [-0.2, -0.15) is 0 Å². The number of hydrogen-bond acceptors (Lipinski definition) is 4. The van der Waals surface area contributed by atoms with E-state index in [1.54, 1.807) is 0 Å². The summed E-state index contributed by atoms with van der Waals surface area (Å²) in [6.07, 6.45) is 3.67. The Labute approximate surface area is 160 Å². The molecule has 2 N–H and O–H groups in total. The second kappa shape index (κ2) is 14.5. The zero-order chi connectivity index (χ0) is 14.8. The van der Waals surface area contributed by atoms with Crippen molar-refractivity contribution in [2.24, 2.45) is 0 Å². The molecule has 1 aliphatic heterocycles. The fourth-order valence-corrected chi connectivity index (χ4v) is 4.95. The molecule has 0 aromatic heterocycles. The van der Waals surface area contributed by atoms with Gasteiger partial charge in [0.15, 0.2) is 0 Å². The Bertz CT molecular complexity index is 375. The summed E-state index contributed by atoms with van der Waals surface area (Å²) in [7, 11) is 0. The number of benzene rings is 1. The van der Waals surface area contributed by atoms with Gasteiger partial charge in [0.2, 0.25) is 0 Å². The third-order valence-corrected chi connectivity index (χ3v) is 6.64. The molecule has 1 aromatic carbocycles. The van der Waals surface area contributed by atoms with Crippen molar-refractivity contribution in [3.05, 3.63) is 30.3 Å². The Balaban J connectivity index is 0.00000242. The molecular weight excluding hydrogens is 369 g/mol. The molecule has 1 aliphatic rings. The first-order valence-electron chi connectivity index (χ1n) is 8.09. The molecule has 0 bridgehead atoms. The van der Waals surface area contributed by atoms with Gasteiger partial charge in [-0.15, -0.1) is 24.8 Å². The molecular formula is C16H30Cl2N3OTi. The van der Waals surface area contributed by atoms with Crippen LogP contribution < -0.4 is 14.0 Å². The molecule has 0 amide bonds. The number of para-hydroxylation sites is 1. The normalized spacial score (nSPS) is 17.6. The fraction of sp³-hybridized carbons (Fsp3) is 0.625. The van der Waals surface area contributed by atoms with Gasteiger partial charge in [0.1, 0.15) is 0 Å². The molecule has 2 rings (SSSR count). The van der Waals surface area contributed by atoms with Crippen molar-refractivity contribution in [2.45, 2.75) is 24.5 Å². The van der Waals surface area contributed by atoms with Crippen LogP contribution in [0.2, 0.25) is 5.23 Å². The SMILES string of the molecule is Cl.Cl.[CH3][Ti]([O]c1ccccc1)[N]1CCCNCCCNCCC1. The summed E-state index contributed by atoms with van der Waals surface area (Å²) >= 11 is -1.63. The van der Waals surface area contributed by atoms with Crippen molar-refractivity contribution in [1.82, 2.24) is 14.0 Å². The monoisotopic (exact) mass is 398 g/mol. The Morgan fingerprint density at radius 2 is 1.39 bits per heavy atom. The average Bonchev–Trinajstić information content (AvgIpc) is 2.49. The Morgan fingerprint density at radius 1 is 0.870 bits per heavy atom. The summed E-state index contributed by atoms with van der Waals surface area (Å²) in [6, 6.07) is 10.3. The maximum atomic E-state index is 6.23. The Kier molecular flexibility index (Phi) is 14.7. The number of nitrogens with one attached hydrogen (secondary N) is 2. The number of halogens is 2. The van der Waals surface area contributed by atoms with Crippen molar-refractivity contribution >= 4 is 24.8 Å². The summed E-state index contributed by atoms with van der Waals surface area (Å²) < 4.78 is 8.84. The van der Waals surface area contributed by atoms with Gasteiger partial charge >= 0.3 is 136 Å². The van der Waals surface area contributed by atoms with Crippen LogP contribution in [0.5, 0.6) is 5.75 Å². The predicted octanol–water partition coefficient (Wildman–Crippen LogP) is 3.07. The van der Waals surface area contributed by atoms with Gasteiger partial charge in [0, 0.05) is 0 Å². The van der Waals surface area contributed by atoms with Crippen LogP contribution in [0.1, 0.15) is 19.3 Å². The van der Waals surface area contributed by atoms with Crippen LogP contribution in [0.25, 0.3) is 0 Å². The summed E-state index contributed by atoms with van der Waals surface area (Å²) in [5.74, 6) is 1.03. The van der Waals surface area contributed by atoms with E-state index in [-0.39, 0.29) is 24.8 Å². The molecule has 4 nitrogen and oxygen atoms in total. The molecule has 1 heterocycles. The van der Waals surface area contributed by atoms with Gasteiger partial charge in [-0.25, -0.2) is 0 Å². The zero-order valence-electron chi connectivity index (χ0n) is 13.9. The van der Waals surface area contributed by atoms with E-state index in [0.717, 1.165) is 45.0 Å². The first-order valence-corrected chi connectivity index (χ1v) is 11.0. The summed E-state index contributed by atoms with van der Waals surface area (Å²) in [5.41, 5.74) is 0. The summed E-state index contributed by atoms with van der Waals surface area (Å²) in [6.45, 7) is 6.81. The van der Waals surface area contributed by atoms with Crippen molar-refractivity contribution in [1.29, 1.82) is 0 Å². The number of nitrogens with zero attached hydrogens (tertiary/aromatic N) is 1. The molecule has 0 spiro atoms. The third-order valence-electron chi connectivity index (χ3n) is 3.72. The van der Waals surface area contributed by atoms with E-state index in [1.165, 1.54) is 19.3 Å². The van der Waals surface area contributed by atoms with Crippen LogP contribution in [-0.4, -0.2) is 42.7 Å².